The van der Waals surface area contributed by atoms with Crippen LogP contribution in [0.25, 0.3) is 0 Å². The number of unbranched alkanes of at least 4 members (excludes halogenated alkanes) is 2. The summed E-state index contributed by atoms with van der Waals surface area (Å²) in [6.45, 7) is -0.503. The molecule has 7 nitrogen and oxygen atoms in total. The van der Waals surface area contributed by atoms with Crippen LogP contribution in [0.1, 0.15) is 38.5 Å². The minimum atomic E-state index is -0.935. The van der Waals surface area contributed by atoms with E-state index in [1.807, 2.05) is 0 Å². The lowest BCUT2D eigenvalue weighted by Gasteiger charge is -2.28. The van der Waals surface area contributed by atoms with Gasteiger partial charge < -0.3 is 15.3 Å². The molecule has 0 aliphatic rings. The molecule has 120 valence electrons. The molecule has 7 heteroatoms. The van der Waals surface area contributed by atoms with E-state index in [0.29, 0.717) is 25.8 Å². The molecule has 0 saturated carbocycles. The summed E-state index contributed by atoms with van der Waals surface area (Å²) in [5.41, 5.74) is -0.935. The zero-order valence-electron chi connectivity index (χ0n) is 12.2. The molecule has 1 atom stereocenters. The zero-order chi connectivity index (χ0) is 16.0. The van der Waals surface area contributed by atoms with Gasteiger partial charge in [0, 0.05) is 5.41 Å². The number of rotatable bonds is 13. The van der Waals surface area contributed by atoms with Gasteiger partial charge in [-0.2, -0.15) is 0 Å². The molecule has 0 fully saturated rings. The summed E-state index contributed by atoms with van der Waals surface area (Å²) in [5, 5.41) is 27.7. The SMILES string of the molecule is O=C=NCCCCCC(CCC(CO)(CO)CO)N=C=O. The van der Waals surface area contributed by atoms with E-state index in [-0.39, 0.29) is 25.9 Å². The van der Waals surface area contributed by atoms with E-state index in [2.05, 4.69) is 9.98 Å². The molecule has 0 aromatic carbocycles. The van der Waals surface area contributed by atoms with Crippen molar-refractivity contribution in [1.82, 2.24) is 0 Å². The number of aliphatic imine (C=N–C) groups is 2. The van der Waals surface area contributed by atoms with Crippen molar-refractivity contribution < 1.29 is 24.9 Å². The van der Waals surface area contributed by atoms with Crippen molar-refractivity contribution in [1.29, 1.82) is 0 Å². The second kappa shape index (κ2) is 12.4. The lowest BCUT2D eigenvalue weighted by atomic mass is 9.84. The van der Waals surface area contributed by atoms with Gasteiger partial charge in [0.25, 0.3) is 0 Å². The highest BCUT2D eigenvalue weighted by atomic mass is 16.3. The molecule has 0 heterocycles. The molecule has 0 amide bonds. The van der Waals surface area contributed by atoms with Crippen LogP contribution in [-0.2, 0) is 9.59 Å². The van der Waals surface area contributed by atoms with Gasteiger partial charge in [-0.05, 0) is 25.7 Å². The third-order valence-corrected chi connectivity index (χ3v) is 3.62. The molecule has 0 aromatic rings. The Morgan fingerprint density at radius 2 is 1.57 bits per heavy atom. The highest BCUT2D eigenvalue weighted by Crippen LogP contribution is 2.25. The van der Waals surface area contributed by atoms with E-state index in [1.165, 1.54) is 12.2 Å². The van der Waals surface area contributed by atoms with Crippen molar-refractivity contribution in [2.24, 2.45) is 15.4 Å². The molecule has 0 aliphatic heterocycles. The molecule has 1 unspecified atom stereocenters. The van der Waals surface area contributed by atoms with Crippen LogP contribution in [0, 0.1) is 5.41 Å². The Morgan fingerprint density at radius 3 is 2.10 bits per heavy atom. The Labute approximate surface area is 124 Å². The summed E-state index contributed by atoms with van der Waals surface area (Å²) in [7, 11) is 0. The average molecular weight is 300 g/mol. The largest absolute Gasteiger partial charge is 0.396 e. The van der Waals surface area contributed by atoms with Crippen molar-refractivity contribution in [2.45, 2.75) is 44.6 Å². The molecule has 0 radical (unpaired) electrons. The Balaban J connectivity index is 4.18. The van der Waals surface area contributed by atoms with Crippen molar-refractivity contribution >= 4 is 12.2 Å². The lowest BCUT2D eigenvalue weighted by Crippen LogP contribution is -2.34. The van der Waals surface area contributed by atoms with Gasteiger partial charge in [0.2, 0.25) is 12.2 Å². The van der Waals surface area contributed by atoms with Crippen LogP contribution < -0.4 is 0 Å². The van der Waals surface area contributed by atoms with Gasteiger partial charge in [-0.3, -0.25) is 0 Å². The predicted octanol–water partition coefficient (Wildman–Crippen LogP) is 0.330. The second-order valence-corrected chi connectivity index (χ2v) is 5.21. The Hall–Kier alpha value is -1.36. The zero-order valence-corrected chi connectivity index (χ0v) is 12.2. The molecule has 0 aliphatic carbocycles. The predicted molar refractivity (Wildman–Crippen MR) is 76.3 cm³/mol. The quantitative estimate of drug-likeness (QED) is 0.257. The molecule has 0 rings (SSSR count). The first-order valence-corrected chi connectivity index (χ1v) is 7.11. The van der Waals surface area contributed by atoms with Gasteiger partial charge in [-0.1, -0.05) is 12.8 Å². The molecule has 0 saturated heterocycles. The number of aliphatic hydroxyl groups excluding tert-OH is 3. The summed E-state index contributed by atoms with van der Waals surface area (Å²) < 4.78 is 0. The van der Waals surface area contributed by atoms with Crippen molar-refractivity contribution in [3.05, 3.63) is 0 Å². The van der Waals surface area contributed by atoms with Crippen LogP contribution in [0.5, 0.6) is 0 Å². The summed E-state index contributed by atoms with van der Waals surface area (Å²) in [4.78, 5) is 27.5. The van der Waals surface area contributed by atoms with Crippen LogP contribution in [0.3, 0.4) is 0 Å². The van der Waals surface area contributed by atoms with Gasteiger partial charge in [0.1, 0.15) is 0 Å². The van der Waals surface area contributed by atoms with E-state index in [9.17, 15) is 24.9 Å². The van der Waals surface area contributed by atoms with Crippen LogP contribution >= 0.6 is 0 Å². The topological polar surface area (TPSA) is 120 Å². The molecular weight excluding hydrogens is 276 g/mol. The maximum absolute atomic E-state index is 10.4. The molecule has 0 aromatic heterocycles. The smallest absolute Gasteiger partial charge is 0.235 e. The van der Waals surface area contributed by atoms with Gasteiger partial charge in [-0.15, -0.1) is 0 Å². The first kappa shape index (κ1) is 19.6. The lowest BCUT2D eigenvalue weighted by molar-refractivity contribution is -0.00307. The fourth-order valence-electron chi connectivity index (χ4n) is 2.00. The third-order valence-electron chi connectivity index (χ3n) is 3.62. The normalized spacial score (nSPS) is 12.3. The monoisotopic (exact) mass is 300 g/mol. The van der Waals surface area contributed by atoms with E-state index in [0.717, 1.165) is 19.3 Å². The fourth-order valence-corrected chi connectivity index (χ4v) is 2.00. The van der Waals surface area contributed by atoms with Gasteiger partial charge >= 0.3 is 0 Å². The number of isocyanates is 2. The van der Waals surface area contributed by atoms with Crippen molar-refractivity contribution in [2.75, 3.05) is 26.4 Å². The maximum Gasteiger partial charge on any atom is 0.235 e. The van der Waals surface area contributed by atoms with E-state index >= 15 is 0 Å². The Morgan fingerprint density at radius 1 is 0.905 bits per heavy atom. The highest BCUT2D eigenvalue weighted by molar-refractivity contribution is 5.33. The van der Waals surface area contributed by atoms with Gasteiger partial charge in [-0.25, -0.2) is 19.6 Å². The first-order chi connectivity index (χ1) is 10.2. The minimum absolute atomic E-state index is 0.235. The van der Waals surface area contributed by atoms with Gasteiger partial charge in [0.05, 0.1) is 32.4 Å². The molecule has 0 spiro atoms. The van der Waals surface area contributed by atoms with Crippen LogP contribution in [-0.4, -0.2) is 59.9 Å². The number of aliphatic hydroxyl groups is 3. The third kappa shape index (κ3) is 8.50. The number of nitrogens with zero attached hydrogens (tertiary/aromatic N) is 2. The minimum Gasteiger partial charge on any atom is -0.396 e. The average Bonchev–Trinajstić information content (AvgIpc) is 2.52. The summed E-state index contributed by atoms with van der Waals surface area (Å²) in [6.07, 6.45) is 7.03. The number of hydrogen-bond acceptors (Lipinski definition) is 7. The Kier molecular flexibility index (Phi) is 11.6. The summed E-state index contributed by atoms with van der Waals surface area (Å²) in [5.74, 6) is 0. The van der Waals surface area contributed by atoms with E-state index in [1.54, 1.807) is 0 Å². The van der Waals surface area contributed by atoms with E-state index < -0.39 is 5.41 Å². The van der Waals surface area contributed by atoms with Gasteiger partial charge in [0.15, 0.2) is 0 Å². The van der Waals surface area contributed by atoms with Crippen molar-refractivity contribution in [3.63, 3.8) is 0 Å². The number of hydrogen-bond donors (Lipinski definition) is 3. The second-order valence-electron chi connectivity index (χ2n) is 5.21. The van der Waals surface area contributed by atoms with Crippen LogP contribution in [0.2, 0.25) is 0 Å². The van der Waals surface area contributed by atoms with Crippen LogP contribution in [0.4, 0.5) is 0 Å². The van der Waals surface area contributed by atoms with Crippen molar-refractivity contribution in [3.8, 4) is 0 Å². The maximum atomic E-state index is 10.4. The fraction of sp³-hybridized carbons (Fsp3) is 0.857. The van der Waals surface area contributed by atoms with Crippen LogP contribution in [0.15, 0.2) is 9.98 Å². The Bertz CT molecular complexity index is 350. The molecule has 0 bridgehead atoms. The standard InChI is InChI=1S/C14H24N2O5/c17-8-14(9-18,10-19)6-5-13(16-12-21)4-2-1-3-7-15-11-20/h13,17-19H,1-10H2. The highest BCUT2D eigenvalue weighted by Gasteiger charge is 2.28. The summed E-state index contributed by atoms with van der Waals surface area (Å²) in [6, 6.07) is -0.235. The first-order valence-electron chi connectivity index (χ1n) is 7.11. The molecule has 3 N–H and O–H groups in total. The molecular formula is C14H24N2O5. The van der Waals surface area contributed by atoms with E-state index in [4.69, 9.17) is 0 Å². The number of carbonyl (C=O) groups excluding carboxylic acids is 2. The molecule has 21 heavy (non-hydrogen) atoms. The summed E-state index contributed by atoms with van der Waals surface area (Å²) >= 11 is 0.